The molecule has 4 heterocycles. The number of carboxylic acid groups (broad SMARTS) is 1. The number of nitrogens with one attached hydrogen (secondary N) is 3. The Bertz CT molecular complexity index is 1250. The largest absolute Gasteiger partial charge is 0.477 e. The van der Waals surface area contributed by atoms with Crippen molar-refractivity contribution in [3.63, 3.8) is 0 Å². The van der Waals surface area contributed by atoms with Crippen LogP contribution in [0.4, 0.5) is 9.52 Å². The van der Waals surface area contributed by atoms with Gasteiger partial charge < -0.3 is 31.2 Å². The Morgan fingerprint density at radius 3 is 2.79 bits per heavy atom. The van der Waals surface area contributed by atoms with Crippen LogP contribution in [0.25, 0.3) is 0 Å². The summed E-state index contributed by atoms with van der Waals surface area (Å²) in [5, 5.41) is 32.3. The van der Waals surface area contributed by atoms with Gasteiger partial charge in [-0.15, -0.1) is 0 Å². The van der Waals surface area contributed by atoms with E-state index in [-0.39, 0.29) is 27.7 Å². The lowest BCUT2D eigenvalue weighted by atomic mass is 9.88. The van der Waals surface area contributed by atoms with E-state index in [1.165, 1.54) is 18.0 Å². The molecule has 4 rings (SSSR count). The Balaban J connectivity index is 1.58. The van der Waals surface area contributed by atoms with E-state index in [1.54, 1.807) is 7.05 Å². The van der Waals surface area contributed by atoms with E-state index in [9.17, 15) is 23.9 Å². The van der Waals surface area contributed by atoms with Crippen molar-refractivity contribution in [3.8, 4) is 0 Å². The standard InChI is InChI=1S/C19H24FN11O5S2/c1-19(25-13(32)11(27-36-8-20)12-24-17(21)38-28-12)15(35)31-9(14(33)34)7-10(37-16(19)31)26-29(2)18(22)30-5-3-23-4-6-30/h7,16,22-23H,3-6,8H2,1-2H3,(H,25,32)(H,33,34)(H2,21,24,28)/t16-,19?/m0/s1. The summed E-state index contributed by atoms with van der Waals surface area (Å²) in [6, 6.07) is 0. The second kappa shape index (κ2) is 10.9. The van der Waals surface area contributed by atoms with Crippen molar-refractivity contribution in [3.05, 3.63) is 17.6 Å². The molecular formula is C19H24FN11O5S2. The number of anilines is 1. The van der Waals surface area contributed by atoms with Gasteiger partial charge in [-0.1, -0.05) is 16.9 Å². The number of hydrazone groups is 1. The molecule has 2 fully saturated rings. The number of hydrogen-bond donors (Lipinski definition) is 5. The van der Waals surface area contributed by atoms with Crippen LogP contribution >= 0.6 is 23.3 Å². The fourth-order valence-electron chi connectivity index (χ4n) is 3.90. The fourth-order valence-corrected chi connectivity index (χ4v) is 5.63. The molecule has 0 radical (unpaired) electrons. The third-order valence-corrected chi connectivity index (χ3v) is 7.67. The number of alkyl halides is 1. The van der Waals surface area contributed by atoms with Gasteiger partial charge in [-0.2, -0.15) is 14.5 Å². The van der Waals surface area contributed by atoms with Gasteiger partial charge in [0.15, 0.2) is 5.13 Å². The van der Waals surface area contributed by atoms with Crippen LogP contribution in [0.2, 0.25) is 0 Å². The van der Waals surface area contributed by atoms with Crippen molar-refractivity contribution in [1.29, 1.82) is 5.41 Å². The van der Waals surface area contributed by atoms with Crippen LogP contribution in [-0.2, 0) is 19.2 Å². The SMILES string of the molecule is CN(N=C1C=C(C(=O)O)N2C(=O)C(C)(NC(=O)C(=NOCF)c3nsc(N)n3)[C@@H]2S1)C(=N)N1CCNCC1. The third-order valence-electron chi connectivity index (χ3n) is 5.78. The summed E-state index contributed by atoms with van der Waals surface area (Å²) in [6.45, 7) is 2.73. The van der Waals surface area contributed by atoms with Crippen molar-refractivity contribution in [2.45, 2.75) is 17.8 Å². The summed E-state index contributed by atoms with van der Waals surface area (Å²) in [7, 11) is 1.56. The van der Waals surface area contributed by atoms with E-state index in [0.29, 0.717) is 26.2 Å². The second-order valence-corrected chi connectivity index (χ2v) is 10.2. The van der Waals surface area contributed by atoms with Crippen LogP contribution < -0.4 is 16.4 Å². The summed E-state index contributed by atoms with van der Waals surface area (Å²) in [5.41, 5.74) is 3.10. The molecule has 0 spiro atoms. The molecule has 204 valence electrons. The highest BCUT2D eigenvalue weighted by molar-refractivity contribution is 8.15. The molecule has 6 N–H and O–H groups in total. The molecule has 0 aromatic carbocycles. The number of carbonyl (C=O) groups is 3. The van der Waals surface area contributed by atoms with Gasteiger partial charge >= 0.3 is 5.97 Å². The van der Waals surface area contributed by atoms with Crippen LogP contribution in [0, 0.1) is 5.41 Å². The number of oxime groups is 1. The molecule has 0 saturated carbocycles. The summed E-state index contributed by atoms with van der Waals surface area (Å²) in [4.78, 5) is 49.2. The van der Waals surface area contributed by atoms with Crippen LogP contribution in [0.3, 0.4) is 0 Å². The number of carbonyl (C=O) groups excluding carboxylic acids is 2. The maximum atomic E-state index is 13.1. The van der Waals surface area contributed by atoms with E-state index >= 15 is 0 Å². The highest BCUT2D eigenvalue weighted by Gasteiger charge is 2.63. The van der Waals surface area contributed by atoms with Crippen molar-refractivity contribution < 1.29 is 28.7 Å². The highest BCUT2D eigenvalue weighted by Crippen LogP contribution is 2.45. The number of halogens is 1. The van der Waals surface area contributed by atoms with Crippen LogP contribution in [0.15, 0.2) is 22.0 Å². The van der Waals surface area contributed by atoms with Crippen molar-refractivity contribution in [2.75, 3.05) is 45.8 Å². The average Bonchev–Trinajstić information content (AvgIpc) is 3.33. The third kappa shape index (κ3) is 5.11. The lowest BCUT2D eigenvalue weighted by Gasteiger charge is -2.54. The molecule has 3 aliphatic heterocycles. The topological polar surface area (TPSA) is 215 Å². The molecule has 3 aliphatic rings. The average molecular weight is 570 g/mol. The predicted molar refractivity (Wildman–Crippen MR) is 136 cm³/mol. The van der Waals surface area contributed by atoms with Gasteiger partial charge in [0.1, 0.15) is 21.7 Å². The first-order valence-electron chi connectivity index (χ1n) is 11.1. The Morgan fingerprint density at radius 1 is 1.47 bits per heavy atom. The molecule has 2 amide bonds. The van der Waals surface area contributed by atoms with Crippen molar-refractivity contribution in [1.82, 2.24) is 34.8 Å². The number of nitrogens with zero attached hydrogens (tertiary/aromatic N) is 7. The smallest absolute Gasteiger partial charge is 0.352 e. The number of aliphatic carboxylic acids is 1. The highest BCUT2D eigenvalue weighted by atomic mass is 32.2. The zero-order chi connectivity index (χ0) is 27.6. The zero-order valence-corrected chi connectivity index (χ0v) is 21.8. The number of nitrogens with two attached hydrogens (primary N) is 1. The predicted octanol–water partition coefficient (Wildman–Crippen LogP) is -1.39. The number of aromatic nitrogens is 2. The Hall–Kier alpha value is -3.84. The quantitative estimate of drug-likeness (QED) is 0.111. The molecule has 19 heteroatoms. The zero-order valence-electron chi connectivity index (χ0n) is 20.2. The minimum Gasteiger partial charge on any atom is -0.477 e. The summed E-state index contributed by atoms with van der Waals surface area (Å²) in [6.07, 6.45) is 1.23. The molecule has 2 saturated heterocycles. The lowest BCUT2D eigenvalue weighted by Crippen LogP contribution is -2.78. The molecule has 1 aromatic rings. The molecule has 38 heavy (non-hydrogen) atoms. The maximum Gasteiger partial charge on any atom is 0.352 e. The normalized spacial score (nSPS) is 24.3. The number of thioether (sulfide) groups is 1. The first-order valence-corrected chi connectivity index (χ1v) is 12.7. The van der Waals surface area contributed by atoms with Crippen LogP contribution in [0.5, 0.6) is 0 Å². The van der Waals surface area contributed by atoms with E-state index in [1.807, 2.05) is 4.90 Å². The monoisotopic (exact) mass is 569 g/mol. The number of fused-ring (bicyclic) bond motifs is 1. The molecule has 0 bridgehead atoms. The van der Waals surface area contributed by atoms with E-state index < -0.39 is 41.3 Å². The number of carboxylic acids is 1. The van der Waals surface area contributed by atoms with Gasteiger partial charge in [-0.3, -0.25) is 19.9 Å². The van der Waals surface area contributed by atoms with Crippen LogP contribution in [-0.4, -0.2) is 115 Å². The minimum absolute atomic E-state index is 0.0216. The first-order chi connectivity index (χ1) is 18.1. The number of piperazine rings is 1. The molecule has 1 aromatic heterocycles. The van der Waals surface area contributed by atoms with Gasteiger partial charge in [-0.05, 0) is 6.92 Å². The van der Waals surface area contributed by atoms with Crippen LogP contribution in [0.1, 0.15) is 12.7 Å². The molecular weight excluding hydrogens is 545 g/mol. The number of rotatable bonds is 7. The lowest BCUT2D eigenvalue weighted by molar-refractivity contribution is -0.156. The van der Waals surface area contributed by atoms with Gasteiger partial charge in [0.2, 0.25) is 17.5 Å². The minimum atomic E-state index is -1.61. The van der Waals surface area contributed by atoms with Gasteiger partial charge in [0, 0.05) is 50.8 Å². The number of nitrogen functional groups attached to an aromatic ring is 1. The number of amides is 2. The first kappa shape index (κ1) is 27.2. The number of guanidine groups is 1. The van der Waals surface area contributed by atoms with E-state index in [2.05, 4.69) is 35.1 Å². The second-order valence-electron chi connectivity index (χ2n) is 8.29. The van der Waals surface area contributed by atoms with Gasteiger partial charge in [0.05, 0.1) is 0 Å². The Kier molecular flexibility index (Phi) is 7.78. The molecule has 1 unspecified atom stereocenters. The Labute approximate surface area is 223 Å². The van der Waals surface area contributed by atoms with E-state index in [0.717, 1.165) is 28.2 Å². The van der Waals surface area contributed by atoms with Gasteiger partial charge in [0.25, 0.3) is 18.7 Å². The molecule has 2 atom stereocenters. The van der Waals surface area contributed by atoms with Crippen molar-refractivity contribution >= 4 is 62.9 Å². The summed E-state index contributed by atoms with van der Waals surface area (Å²) >= 11 is 1.80. The fraction of sp³-hybridized carbons (Fsp3) is 0.474. The van der Waals surface area contributed by atoms with E-state index in [4.69, 9.17) is 11.1 Å². The number of hydrogen-bond acceptors (Lipinski definition) is 13. The summed E-state index contributed by atoms with van der Waals surface area (Å²) < 4.78 is 16.5. The Morgan fingerprint density at radius 2 is 2.18 bits per heavy atom. The molecule has 0 aliphatic carbocycles. The van der Waals surface area contributed by atoms with Crippen molar-refractivity contribution in [2.24, 2.45) is 10.3 Å². The number of β-lactam (4-membered cyclic amide) rings is 1. The summed E-state index contributed by atoms with van der Waals surface area (Å²) in [5.74, 6) is -3.14. The maximum absolute atomic E-state index is 13.1. The van der Waals surface area contributed by atoms with Gasteiger partial charge in [-0.25, -0.2) is 14.2 Å². The molecule has 16 nitrogen and oxygen atoms in total.